The summed E-state index contributed by atoms with van der Waals surface area (Å²) in [6, 6.07) is 13.7. The van der Waals surface area contributed by atoms with Gasteiger partial charge in [0.15, 0.2) is 0 Å². The summed E-state index contributed by atoms with van der Waals surface area (Å²) >= 11 is 5.90. The molecule has 2 rings (SSSR count). The van der Waals surface area contributed by atoms with Crippen LogP contribution in [0.2, 0.25) is 0 Å². The van der Waals surface area contributed by atoms with Crippen LogP contribution in [0.5, 0.6) is 11.5 Å². The molecule has 2 heteroatoms. The van der Waals surface area contributed by atoms with E-state index in [9.17, 15) is 0 Å². The summed E-state index contributed by atoms with van der Waals surface area (Å²) in [5.41, 5.74) is 3.15. The molecule has 2 aromatic carbocycles. The topological polar surface area (TPSA) is 9.23 Å². The molecule has 0 radical (unpaired) electrons. The minimum Gasteiger partial charge on any atom is -0.457 e. The number of alkyl halides is 1. The van der Waals surface area contributed by atoms with Gasteiger partial charge < -0.3 is 4.74 Å². The number of hydrogen-bond donors (Lipinski definition) is 0. The quantitative estimate of drug-likeness (QED) is 0.688. The van der Waals surface area contributed by atoms with E-state index in [1.165, 1.54) is 0 Å². The van der Waals surface area contributed by atoms with Gasteiger partial charge in [0.1, 0.15) is 11.5 Å². The van der Waals surface area contributed by atoms with Crippen molar-refractivity contribution in [1.82, 2.24) is 0 Å². The Morgan fingerprint density at radius 1 is 1.11 bits per heavy atom. The third-order valence-corrected chi connectivity index (χ3v) is 3.17. The Bertz CT molecular complexity index is 561. The van der Waals surface area contributed by atoms with Gasteiger partial charge in [-0.3, -0.25) is 0 Å². The molecule has 0 unspecified atom stereocenters. The molecule has 0 saturated heterocycles. The highest BCUT2D eigenvalue weighted by Gasteiger charge is 2.07. The fourth-order valence-electron chi connectivity index (χ4n) is 1.80. The van der Waals surface area contributed by atoms with Crippen molar-refractivity contribution in [2.45, 2.75) is 12.8 Å². The van der Waals surface area contributed by atoms with Crippen molar-refractivity contribution < 1.29 is 4.74 Å². The SMILES string of the molecule is C=Cc1cccc(Oc2ccccc2CCl)c1C. The minimum atomic E-state index is 0.441. The molecule has 0 atom stereocenters. The second kappa shape index (κ2) is 5.74. The van der Waals surface area contributed by atoms with Gasteiger partial charge in [-0.05, 0) is 30.2 Å². The maximum atomic E-state index is 5.94. The van der Waals surface area contributed by atoms with Gasteiger partial charge in [0.25, 0.3) is 0 Å². The van der Waals surface area contributed by atoms with E-state index in [0.717, 1.165) is 28.2 Å². The molecule has 2 aromatic rings. The maximum Gasteiger partial charge on any atom is 0.131 e. The minimum absolute atomic E-state index is 0.441. The Labute approximate surface area is 113 Å². The smallest absolute Gasteiger partial charge is 0.131 e. The Hall–Kier alpha value is -1.73. The predicted octanol–water partition coefficient (Wildman–Crippen LogP) is 5.17. The summed E-state index contributed by atoms with van der Waals surface area (Å²) in [4.78, 5) is 0. The van der Waals surface area contributed by atoms with Crippen LogP contribution >= 0.6 is 11.6 Å². The van der Waals surface area contributed by atoms with Gasteiger partial charge in [-0.1, -0.05) is 43.0 Å². The third-order valence-electron chi connectivity index (χ3n) is 2.88. The van der Waals surface area contributed by atoms with Crippen LogP contribution in [-0.2, 0) is 5.88 Å². The highest BCUT2D eigenvalue weighted by atomic mass is 35.5. The highest BCUT2D eigenvalue weighted by molar-refractivity contribution is 6.17. The lowest BCUT2D eigenvalue weighted by molar-refractivity contribution is 0.474. The summed E-state index contributed by atoms with van der Waals surface area (Å²) in [5.74, 6) is 2.08. The molecule has 0 aliphatic rings. The number of ether oxygens (including phenoxy) is 1. The van der Waals surface area contributed by atoms with E-state index >= 15 is 0 Å². The number of hydrogen-bond acceptors (Lipinski definition) is 1. The standard InChI is InChI=1S/C16H15ClO/c1-3-13-8-6-10-15(12(13)2)18-16-9-5-4-7-14(16)11-17/h3-10H,1,11H2,2H3. The van der Waals surface area contributed by atoms with Crippen LogP contribution in [0.3, 0.4) is 0 Å². The number of para-hydroxylation sites is 1. The molecular weight excluding hydrogens is 244 g/mol. The zero-order chi connectivity index (χ0) is 13.0. The van der Waals surface area contributed by atoms with E-state index in [1.807, 2.05) is 55.5 Å². The Kier molecular flexibility index (Phi) is 4.06. The molecule has 92 valence electrons. The third kappa shape index (κ3) is 2.57. The molecular formula is C16H15ClO. The van der Waals surface area contributed by atoms with Crippen molar-refractivity contribution in [2.24, 2.45) is 0 Å². The first-order valence-electron chi connectivity index (χ1n) is 5.80. The first-order chi connectivity index (χ1) is 8.76. The fraction of sp³-hybridized carbons (Fsp3) is 0.125. The van der Waals surface area contributed by atoms with Gasteiger partial charge in [-0.15, -0.1) is 11.6 Å². The number of rotatable bonds is 4. The molecule has 18 heavy (non-hydrogen) atoms. The molecule has 0 fully saturated rings. The summed E-state index contributed by atoms with van der Waals surface area (Å²) in [6.45, 7) is 5.82. The summed E-state index contributed by atoms with van der Waals surface area (Å²) in [7, 11) is 0. The van der Waals surface area contributed by atoms with Gasteiger partial charge in [0.2, 0.25) is 0 Å². The normalized spacial score (nSPS) is 10.1. The van der Waals surface area contributed by atoms with E-state index in [1.54, 1.807) is 0 Å². The molecule has 0 heterocycles. The van der Waals surface area contributed by atoms with Crippen molar-refractivity contribution in [2.75, 3.05) is 0 Å². The van der Waals surface area contributed by atoms with Gasteiger partial charge in [0.05, 0.1) is 5.88 Å². The van der Waals surface area contributed by atoms with Crippen LogP contribution in [-0.4, -0.2) is 0 Å². The van der Waals surface area contributed by atoms with Crippen LogP contribution in [0.4, 0.5) is 0 Å². The van der Waals surface area contributed by atoms with E-state index in [0.29, 0.717) is 5.88 Å². The monoisotopic (exact) mass is 258 g/mol. The van der Waals surface area contributed by atoms with Crippen LogP contribution in [0, 0.1) is 6.92 Å². The van der Waals surface area contributed by atoms with E-state index in [2.05, 4.69) is 6.58 Å². The first kappa shape index (κ1) is 12.7. The first-order valence-corrected chi connectivity index (χ1v) is 6.33. The van der Waals surface area contributed by atoms with Gasteiger partial charge in [-0.25, -0.2) is 0 Å². The average molecular weight is 259 g/mol. The zero-order valence-corrected chi connectivity index (χ0v) is 11.1. The van der Waals surface area contributed by atoms with Crippen molar-refractivity contribution in [1.29, 1.82) is 0 Å². The van der Waals surface area contributed by atoms with Gasteiger partial charge in [0, 0.05) is 5.56 Å². The van der Waals surface area contributed by atoms with Gasteiger partial charge in [-0.2, -0.15) is 0 Å². The number of benzene rings is 2. The highest BCUT2D eigenvalue weighted by Crippen LogP contribution is 2.30. The molecule has 0 aromatic heterocycles. The van der Waals surface area contributed by atoms with Crippen molar-refractivity contribution in [3.05, 3.63) is 65.7 Å². The van der Waals surface area contributed by atoms with E-state index in [-0.39, 0.29) is 0 Å². The predicted molar refractivity (Wildman–Crippen MR) is 77.3 cm³/mol. The molecule has 0 spiro atoms. The Balaban J connectivity index is 2.37. The van der Waals surface area contributed by atoms with E-state index in [4.69, 9.17) is 16.3 Å². The second-order valence-corrected chi connectivity index (χ2v) is 4.29. The number of halogens is 1. The molecule has 0 amide bonds. The van der Waals surface area contributed by atoms with Crippen molar-refractivity contribution in [3.8, 4) is 11.5 Å². The molecule has 0 aliphatic heterocycles. The molecule has 0 aliphatic carbocycles. The van der Waals surface area contributed by atoms with E-state index < -0.39 is 0 Å². The summed E-state index contributed by atoms with van der Waals surface area (Å²) in [6.07, 6.45) is 1.83. The van der Waals surface area contributed by atoms with Crippen LogP contribution in [0.15, 0.2) is 49.0 Å². The molecule has 0 bridgehead atoms. The molecule has 0 N–H and O–H groups in total. The second-order valence-electron chi connectivity index (χ2n) is 4.02. The van der Waals surface area contributed by atoms with Crippen LogP contribution in [0.1, 0.15) is 16.7 Å². The zero-order valence-electron chi connectivity index (χ0n) is 10.3. The maximum absolute atomic E-state index is 5.94. The lowest BCUT2D eigenvalue weighted by atomic mass is 10.1. The van der Waals surface area contributed by atoms with Gasteiger partial charge >= 0.3 is 0 Å². The lowest BCUT2D eigenvalue weighted by Crippen LogP contribution is -1.92. The average Bonchev–Trinajstić information content (AvgIpc) is 2.42. The molecule has 0 saturated carbocycles. The summed E-state index contributed by atoms with van der Waals surface area (Å²) < 4.78 is 5.94. The van der Waals surface area contributed by atoms with Crippen molar-refractivity contribution >= 4 is 17.7 Å². The van der Waals surface area contributed by atoms with Crippen molar-refractivity contribution in [3.63, 3.8) is 0 Å². The van der Waals surface area contributed by atoms with Crippen LogP contribution < -0.4 is 4.74 Å². The Morgan fingerprint density at radius 3 is 2.56 bits per heavy atom. The fourth-order valence-corrected chi connectivity index (χ4v) is 2.02. The Morgan fingerprint density at radius 2 is 1.83 bits per heavy atom. The lowest BCUT2D eigenvalue weighted by Gasteiger charge is -2.12. The molecule has 1 nitrogen and oxygen atoms in total. The summed E-state index contributed by atoms with van der Waals surface area (Å²) in [5, 5.41) is 0. The largest absolute Gasteiger partial charge is 0.457 e. The van der Waals surface area contributed by atoms with Crippen LogP contribution in [0.25, 0.3) is 6.08 Å².